The maximum atomic E-state index is 4.02. The van der Waals surface area contributed by atoms with Gasteiger partial charge in [-0.15, -0.1) is 0 Å². The highest BCUT2D eigenvalue weighted by Gasteiger charge is 2.09. The summed E-state index contributed by atoms with van der Waals surface area (Å²) in [4.78, 5) is 4.02. The van der Waals surface area contributed by atoms with Crippen LogP contribution in [0.3, 0.4) is 0 Å². The third kappa shape index (κ3) is 3.32. The van der Waals surface area contributed by atoms with E-state index >= 15 is 0 Å². The van der Waals surface area contributed by atoms with E-state index in [1.165, 1.54) is 11.5 Å². The van der Waals surface area contributed by atoms with Gasteiger partial charge in [0.2, 0.25) is 5.13 Å². The number of hydrogen-bond donors (Lipinski definition) is 1. The van der Waals surface area contributed by atoms with Crippen molar-refractivity contribution in [3.8, 4) is 0 Å². The zero-order valence-electron chi connectivity index (χ0n) is 7.09. The summed E-state index contributed by atoms with van der Waals surface area (Å²) in [5, 5.41) is 4.11. The molecule has 0 saturated carbocycles. The Bertz CT molecular complexity index is 200. The monoisotopic (exact) mass is 171 g/mol. The molecule has 1 aromatic heterocycles. The van der Waals surface area contributed by atoms with Crippen molar-refractivity contribution in [2.75, 3.05) is 11.9 Å². The van der Waals surface area contributed by atoms with Gasteiger partial charge in [-0.1, -0.05) is 20.8 Å². The fourth-order valence-corrected chi connectivity index (χ4v) is 1.02. The van der Waals surface area contributed by atoms with Gasteiger partial charge in [0.05, 0.1) is 0 Å². The van der Waals surface area contributed by atoms with Crippen LogP contribution in [0.2, 0.25) is 0 Å². The minimum Gasteiger partial charge on any atom is -0.360 e. The number of nitrogens with one attached hydrogen (secondary N) is 1. The molecule has 0 aliphatic heterocycles. The molecule has 0 spiro atoms. The summed E-state index contributed by atoms with van der Waals surface area (Å²) in [5.41, 5.74) is 0.297. The first-order chi connectivity index (χ1) is 5.08. The first kappa shape index (κ1) is 8.46. The van der Waals surface area contributed by atoms with Crippen LogP contribution in [0.4, 0.5) is 5.13 Å². The minimum absolute atomic E-state index is 0.297. The van der Waals surface area contributed by atoms with Gasteiger partial charge in [-0.25, -0.2) is 4.98 Å². The molecule has 0 amide bonds. The third-order valence-corrected chi connectivity index (χ3v) is 1.75. The van der Waals surface area contributed by atoms with Gasteiger partial charge in [-0.3, -0.25) is 0 Å². The molecule has 0 bridgehead atoms. The van der Waals surface area contributed by atoms with E-state index in [4.69, 9.17) is 0 Å². The van der Waals surface area contributed by atoms with Crippen molar-refractivity contribution < 1.29 is 0 Å². The van der Waals surface area contributed by atoms with Gasteiger partial charge in [-0.2, -0.15) is 4.37 Å². The quantitative estimate of drug-likeness (QED) is 0.739. The summed E-state index contributed by atoms with van der Waals surface area (Å²) in [7, 11) is 0. The molecule has 3 nitrogen and oxygen atoms in total. The molecule has 62 valence electrons. The van der Waals surface area contributed by atoms with Crippen LogP contribution in [-0.2, 0) is 0 Å². The second kappa shape index (κ2) is 3.17. The summed E-state index contributed by atoms with van der Waals surface area (Å²) in [6, 6.07) is 0. The van der Waals surface area contributed by atoms with Gasteiger partial charge < -0.3 is 5.32 Å². The molecule has 11 heavy (non-hydrogen) atoms. The average molecular weight is 171 g/mol. The number of anilines is 1. The normalized spacial score (nSPS) is 11.5. The van der Waals surface area contributed by atoms with Crippen LogP contribution in [0, 0.1) is 5.41 Å². The lowest BCUT2D eigenvalue weighted by molar-refractivity contribution is 0.443. The van der Waals surface area contributed by atoms with Crippen LogP contribution in [0.5, 0.6) is 0 Å². The summed E-state index contributed by atoms with van der Waals surface area (Å²) >= 11 is 1.39. The molecule has 0 atom stereocenters. The van der Waals surface area contributed by atoms with E-state index in [1.54, 1.807) is 6.33 Å². The van der Waals surface area contributed by atoms with Crippen molar-refractivity contribution >= 4 is 16.7 Å². The molecule has 0 aliphatic rings. The van der Waals surface area contributed by atoms with E-state index in [-0.39, 0.29) is 0 Å². The Hall–Kier alpha value is -0.640. The minimum atomic E-state index is 0.297. The Kier molecular flexibility index (Phi) is 2.44. The first-order valence-electron chi connectivity index (χ1n) is 3.58. The molecule has 1 N–H and O–H groups in total. The Morgan fingerprint density at radius 1 is 1.55 bits per heavy atom. The molecule has 4 heteroatoms. The van der Waals surface area contributed by atoms with Crippen LogP contribution < -0.4 is 5.32 Å². The predicted molar refractivity (Wildman–Crippen MR) is 47.9 cm³/mol. The maximum Gasteiger partial charge on any atom is 0.202 e. The second-order valence-electron chi connectivity index (χ2n) is 3.66. The number of hydrogen-bond acceptors (Lipinski definition) is 4. The van der Waals surface area contributed by atoms with Gasteiger partial charge in [0.25, 0.3) is 0 Å². The average Bonchev–Trinajstić information content (AvgIpc) is 2.32. The SMILES string of the molecule is CC(C)(C)CNc1ncns1. The molecule has 0 aromatic carbocycles. The van der Waals surface area contributed by atoms with E-state index in [2.05, 4.69) is 35.4 Å². The van der Waals surface area contributed by atoms with Crippen molar-refractivity contribution in [1.29, 1.82) is 0 Å². The lowest BCUT2D eigenvalue weighted by Gasteiger charge is -2.17. The van der Waals surface area contributed by atoms with Crippen LogP contribution in [0.1, 0.15) is 20.8 Å². The zero-order chi connectivity index (χ0) is 8.32. The lowest BCUT2D eigenvalue weighted by atomic mass is 9.97. The molecule has 0 aliphatic carbocycles. The summed E-state index contributed by atoms with van der Waals surface area (Å²) < 4.78 is 3.89. The lowest BCUT2D eigenvalue weighted by Crippen LogP contribution is -2.18. The van der Waals surface area contributed by atoms with Crippen LogP contribution in [0.25, 0.3) is 0 Å². The molecular formula is C7H13N3S. The largest absolute Gasteiger partial charge is 0.360 e. The van der Waals surface area contributed by atoms with E-state index in [9.17, 15) is 0 Å². The summed E-state index contributed by atoms with van der Waals surface area (Å²) in [6.07, 6.45) is 1.57. The van der Waals surface area contributed by atoms with Gasteiger partial charge in [0.1, 0.15) is 6.33 Å². The molecule has 1 heterocycles. The van der Waals surface area contributed by atoms with Crippen LogP contribution in [-0.4, -0.2) is 15.9 Å². The molecular weight excluding hydrogens is 158 g/mol. The standard InChI is InChI=1S/C7H13N3S/c1-7(2,3)4-8-6-9-5-10-11-6/h5H,4H2,1-3H3,(H,8,9,10). The third-order valence-electron chi connectivity index (χ3n) is 1.13. The van der Waals surface area contributed by atoms with Gasteiger partial charge in [0.15, 0.2) is 0 Å². The fourth-order valence-electron chi connectivity index (χ4n) is 0.592. The molecule has 0 fully saturated rings. The maximum absolute atomic E-state index is 4.02. The zero-order valence-corrected chi connectivity index (χ0v) is 7.90. The topological polar surface area (TPSA) is 37.8 Å². The Balaban J connectivity index is 2.35. The van der Waals surface area contributed by atoms with Crippen molar-refractivity contribution in [1.82, 2.24) is 9.36 Å². The smallest absolute Gasteiger partial charge is 0.202 e. The van der Waals surface area contributed by atoms with Crippen LogP contribution >= 0.6 is 11.5 Å². The first-order valence-corrected chi connectivity index (χ1v) is 4.36. The van der Waals surface area contributed by atoms with Gasteiger partial charge in [-0.05, 0) is 5.41 Å². The predicted octanol–water partition coefficient (Wildman–Crippen LogP) is 2.00. The van der Waals surface area contributed by atoms with E-state index in [0.29, 0.717) is 5.41 Å². The van der Waals surface area contributed by atoms with Gasteiger partial charge >= 0.3 is 0 Å². The van der Waals surface area contributed by atoms with Crippen molar-refractivity contribution in [2.45, 2.75) is 20.8 Å². The molecule has 0 unspecified atom stereocenters. The van der Waals surface area contributed by atoms with E-state index in [1.807, 2.05) is 0 Å². The number of nitrogens with zero attached hydrogens (tertiary/aromatic N) is 2. The molecule has 1 rings (SSSR count). The molecule has 0 saturated heterocycles. The second-order valence-corrected chi connectivity index (χ2v) is 4.44. The highest BCUT2D eigenvalue weighted by atomic mass is 32.1. The van der Waals surface area contributed by atoms with Crippen molar-refractivity contribution in [3.05, 3.63) is 6.33 Å². The number of aromatic nitrogens is 2. The highest BCUT2D eigenvalue weighted by molar-refractivity contribution is 7.09. The number of rotatable bonds is 2. The van der Waals surface area contributed by atoms with Gasteiger partial charge in [0, 0.05) is 18.1 Å². The Morgan fingerprint density at radius 3 is 2.73 bits per heavy atom. The van der Waals surface area contributed by atoms with Crippen molar-refractivity contribution in [3.63, 3.8) is 0 Å². The highest BCUT2D eigenvalue weighted by Crippen LogP contribution is 2.15. The summed E-state index contributed by atoms with van der Waals surface area (Å²) in [5.74, 6) is 0. The summed E-state index contributed by atoms with van der Waals surface area (Å²) in [6.45, 7) is 7.48. The van der Waals surface area contributed by atoms with E-state index in [0.717, 1.165) is 11.7 Å². The van der Waals surface area contributed by atoms with Crippen LogP contribution in [0.15, 0.2) is 6.33 Å². The fraction of sp³-hybridized carbons (Fsp3) is 0.714. The van der Waals surface area contributed by atoms with E-state index < -0.39 is 0 Å². The molecule has 0 radical (unpaired) electrons. The Labute approximate surface area is 71.0 Å². The Morgan fingerprint density at radius 2 is 2.27 bits per heavy atom. The molecule has 1 aromatic rings. The van der Waals surface area contributed by atoms with Crippen molar-refractivity contribution in [2.24, 2.45) is 5.41 Å².